The largest absolute Gasteiger partial charge is 0.383 e. The summed E-state index contributed by atoms with van der Waals surface area (Å²) in [4.78, 5) is 28.8. The number of rotatable bonds is 6. The third-order valence-electron chi connectivity index (χ3n) is 5.03. The average molecular weight is 308 g/mol. The van der Waals surface area contributed by atoms with Crippen LogP contribution in [0.1, 0.15) is 38.5 Å². The van der Waals surface area contributed by atoms with Crippen molar-refractivity contribution < 1.29 is 14.3 Å². The Labute approximate surface area is 133 Å². The first-order chi connectivity index (χ1) is 10.6. The number of nitrogens with zero attached hydrogens (tertiary/aromatic N) is 2. The van der Waals surface area contributed by atoms with Gasteiger partial charge in [0, 0.05) is 39.7 Å². The van der Waals surface area contributed by atoms with Crippen LogP contribution in [0.2, 0.25) is 0 Å². The van der Waals surface area contributed by atoms with Gasteiger partial charge >= 0.3 is 0 Å². The molecule has 2 amide bonds. The molecule has 1 atom stereocenters. The molecule has 5 nitrogen and oxygen atoms in total. The minimum Gasteiger partial charge on any atom is -0.383 e. The maximum atomic E-state index is 12.7. The van der Waals surface area contributed by atoms with Crippen molar-refractivity contribution in [2.45, 2.75) is 38.5 Å². The molecule has 0 aromatic carbocycles. The number of carbonyl (C=O) groups excluding carboxylic acids is 2. The number of carbonyl (C=O) groups is 2. The molecule has 22 heavy (non-hydrogen) atoms. The minimum absolute atomic E-state index is 0.193. The van der Waals surface area contributed by atoms with E-state index in [2.05, 4.69) is 6.58 Å². The third-order valence-corrected chi connectivity index (χ3v) is 5.03. The first-order valence-corrected chi connectivity index (χ1v) is 8.30. The van der Waals surface area contributed by atoms with Crippen LogP contribution in [-0.4, -0.2) is 61.5 Å². The maximum absolute atomic E-state index is 12.7. The second kappa shape index (κ2) is 7.77. The van der Waals surface area contributed by atoms with Gasteiger partial charge in [-0.25, -0.2) is 0 Å². The lowest BCUT2D eigenvalue weighted by molar-refractivity contribution is -0.138. The van der Waals surface area contributed by atoms with Crippen molar-refractivity contribution in [2.75, 3.05) is 39.9 Å². The van der Waals surface area contributed by atoms with Crippen LogP contribution in [0.25, 0.3) is 0 Å². The van der Waals surface area contributed by atoms with Gasteiger partial charge in [-0.2, -0.15) is 0 Å². The van der Waals surface area contributed by atoms with Gasteiger partial charge in [-0.3, -0.25) is 9.59 Å². The summed E-state index contributed by atoms with van der Waals surface area (Å²) in [5.74, 6) is 0.462. The van der Waals surface area contributed by atoms with E-state index in [1.165, 1.54) is 0 Å². The van der Waals surface area contributed by atoms with E-state index in [1.807, 2.05) is 9.80 Å². The van der Waals surface area contributed by atoms with Gasteiger partial charge in [0.15, 0.2) is 0 Å². The Morgan fingerprint density at radius 1 is 1.32 bits per heavy atom. The molecule has 5 heteroatoms. The van der Waals surface area contributed by atoms with Crippen molar-refractivity contribution in [3.8, 4) is 0 Å². The molecule has 0 aromatic rings. The first kappa shape index (κ1) is 17.0. The van der Waals surface area contributed by atoms with Crippen LogP contribution in [0, 0.1) is 5.41 Å². The molecule has 124 valence electrons. The Kier molecular flexibility index (Phi) is 6.00. The van der Waals surface area contributed by atoms with Crippen LogP contribution < -0.4 is 0 Å². The maximum Gasteiger partial charge on any atom is 0.229 e. The molecule has 0 unspecified atom stereocenters. The summed E-state index contributed by atoms with van der Waals surface area (Å²) in [7, 11) is 1.66. The van der Waals surface area contributed by atoms with Gasteiger partial charge in [0.2, 0.25) is 11.8 Å². The normalized spacial score (nSPS) is 25.6. The fraction of sp³-hybridized carbons (Fsp3) is 0.765. The predicted molar refractivity (Wildman–Crippen MR) is 85.4 cm³/mol. The summed E-state index contributed by atoms with van der Waals surface area (Å²) in [6, 6.07) is 0. The van der Waals surface area contributed by atoms with E-state index in [-0.39, 0.29) is 17.2 Å². The second-order valence-electron chi connectivity index (χ2n) is 6.38. The summed E-state index contributed by atoms with van der Waals surface area (Å²) < 4.78 is 5.08. The molecule has 2 aliphatic heterocycles. The lowest BCUT2D eigenvalue weighted by Crippen LogP contribution is -2.37. The lowest BCUT2D eigenvalue weighted by Gasteiger charge is -2.26. The SMILES string of the molecule is C=CCCC(=O)N1CCC[C@]2(CC1)CCN(CCOC)C2=O. The highest BCUT2D eigenvalue weighted by Gasteiger charge is 2.46. The summed E-state index contributed by atoms with van der Waals surface area (Å²) in [5.41, 5.74) is -0.235. The standard InChI is InChI=1S/C17H28N2O3/c1-3-4-6-15(20)18-10-5-7-17(8-11-18)9-12-19(16(17)21)13-14-22-2/h3H,1,4-14H2,2H3/t17-/m0/s1. The van der Waals surface area contributed by atoms with E-state index < -0.39 is 0 Å². The van der Waals surface area contributed by atoms with E-state index >= 15 is 0 Å². The highest BCUT2D eigenvalue weighted by molar-refractivity contribution is 5.85. The zero-order valence-electron chi connectivity index (χ0n) is 13.7. The molecule has 2 saturated heterocycles. The number of amides is 2. The molecular weight excluding hydrogens is 280 g/mol. The number of methoxy groups -OCH3 is 1. The zero-order chi connectivity index (χ0) is 16.0. The molecule has 1 spiro atoms. The molecule has 2 aliphatic rings. The number of hydrogen-bond acceptors (Lipinski definition) is 3. The quantitative estimate of drug-likeness (QED) is 0.703. The molecule has 2 fully saturated rings. The van der Waals surface area contributed by atoms with E-state index in [0.717, 1.165) is 45.2 Å². The third kappa shape index (κ3) is 3.69. The smallest absolute Gasteiger partial charge is 0.229 e. The Balaban J connectivity index is 1.93. The summed E-state index contributed by atoms with van der Waals surface area (Å²) >= 11 is 0. The highest BCUT2D eigenvalue weighted by atomic mass is 16.5. The van der Waals surface area contributed by atoms with Crippen molar-refractivity contribution in [3.05, 3.63) is 12.7 Å². The Hall–Kier alpha value is -1.36. The van der Waals surface area contributed by atoms with Crippen LogP contribution in [0.5, 0.6) is 0 Å². The molecular formula is C17H28N2O3. The Bertz CT molecular complexity index is 424. The Morgan fingerprint density at radius 3 is 2.82 bits per heavy atom. The predicted octanol–water partition coefficient (Wildman–Crippen LogP) is 1.83. The van der Waals surface area contributed by atoms with Crippen LogP contribution in [0.15, 0.2) is 12.7 Å². The van der Waals surface area contributed by atoms with E-state index in [4.69, 9.17) is 4.74 Å². The minimum atomic E-state index is -0.235. The highest BCUT2D eigenvalue weighted by Crippen LogP contribution is 2.41. The van der Waals surface area contributed by atoms with Crippen molar-refractivity contribution in [3.63, 3.8) is 0 Å². The molecule has 0 bridgehead atoms. The molecule has 0 aliphatic carbocycles. The summed E-state index contributed by atoms with van der Waals surface area (Å²) in [5, 5.41) is 0. The van der Waals surface area contributed by atoms with Crippen LogP contribution in [0.3, 0.4) is 0 Å². The molecule has 2 heterocycles. The number of hydrogen-bond donors (Lipinski definition) is 0. The van der Waals surface area contributed by atoms with Gasteiger partial charge < -0.3 is 14.5 Å². The number of likely N-dealkylation sites (tertiary alicyclic amines) is 2. The van der Waals surface area contributed by atoms with Crippen LogP contribution >= 0.6 is 0 Å². The van der Waals surface area contributed by atoms with Gasteiger partial charge in [-0.05, 0) is 32.1 Å². The first-order valence-electron chi connectivity index (χ1n) is 8.30. The molecule has 0 aromatic heterocycles. The average Bonchev–Trinajstić information content (AvgIpc) is 2.71. The van der Waals surface area contributed by atoms with Crippen molar-refractivity contribution in [1.82, 2.24) is 9.80 Å². The van der Waals surface area contributed by atoms with E-state index in [0.29, 0.717) is 26.1 Å². The van der Waals surface area contributed by atoms with E-state index in [1.54, 1.807) is 13.2 Å². The number of allylic oxidation sites excluding steroid dienone is 1. The lowest BCUT2D eigenvalue weighted by atomic mass is 9.79. The molecule has 0 N–H and O–H groups in total. The van der Waals surface area contributed by atoms with Gasteiger partial charge in [0.25, 0.3) is 0 Å². The van der Waals surface area contributed by atoms with Gasteiger partial charge in [-0.15, -0.1) is 6.58 Å². The molecule has 2 rings (SSSR count). The summed E-state index contributed by atoms with van der Waals surface area (Å²) in [6.07, 6.45) is 6.59. The number of ether oxygens (including phenoxy) is 1. The monoisotopic (exact) mass is 308 g/mol. The summed E-state index contributed by atoms with van der Waals surface area (Å²) in [6.45, 7) is 7.25. The second-order valence-corrected chi connectivity index (χ2v) is 6.38. The van der Waals surface area contributed by atoms with Crippen molar-refractivity contribution >= 4 is 11.8 Å². The zero-order valence-corrected chi connectivity index (χ0v) is 13.7. The van der Waals surface area contributed by atoms with Crippen LogP contribution in [-0.2, 0) is 14.3 Å². The van der Waals surface area contributed by atoms with Crippen molar-refractivity contribution in [1.29, 1.82) is 0 Å². The fourth-order valence-electron chi connectivity index (χ4n) is 3.60. The van der Waals surface area contributed by atoms with Gasteiger partial charge in [0.05, 0.1) is 12.0 Å². The Morgan fingerprint density at radius 2 is 2.09 bits per heavy atom. The van der Waals surface area contributed by atoms with Crippen molar-refractivity contribution in [2.24, 2.45) is 5.41 Å². The van der Waals surface area contributed by atoms with Gasteiger partial charge in [0.1, 0.15) is 0 Å². The van der Waals surface area contributed by atoms with Gasteiger partial charge in [-0.1, -0.05) is 6.08 Å². The fourth-order valence-corrected chi connectivity index (χ4v) is 3.60. The van der Waals surface area contributed by atoms with Crippen LogP contribution in [0.4, 0.5) is 0 Å². The topological polar surface area (TPSA) is 49.9 Å². The van der Waals surface area contributed by atoms with E-state index in [9.17, 15) is 9.59 Å². The molecule has 0 radical (unpaired) electrons. The molecule has 0 saturated carbocycles.